The van der Waals surface area contributed by atoms with E-state index in [4.69, 9.17) is 10.5 Å². The van der Waals surface area contributed by atoms with Crippen molar-refractivity contribution in [3.05, 3.63) is 12.2 Å². The van der Waals surface area contributed by atoms with E-state index in [1.165, 1.54) is 0 Å². The Morgan fingerprint density at radius 1 is 1.64 bits per heavy atom. The van der Waals surface area contributed by atoms with E-state index in [-0.39, 0.29) is 5.92 Å². The highest BCUT2D eigenvalue weighted by Crippen LogP contribution is 2.19. The van der Waals surface area contributed by atoms with Gasteiger partial charge in [0.2, 0.25) is 5.91 Å². The molecule has 1 heterocycles. The van der Waals surface area contributed by atoms with Crippen LogP contribution in [0.2, 0.25) is 0 Å². The molecule has 1 aliphatic rings. The van der Waals surface area contributed by atoms with Gasteiger partial charge in [-0.3, -0.25) is 4.79 Å². The molecule has 11 heavy (non-hydrogen) atoms. The van der Waals surface area contributed by atoms with Gasteiger partial charge in [-0.1, -0.05) is 6.58 Å². The van der Waals surface area contributed by atoms with Gasteiger partial charge in [-0.05, 0) is 12.8 Å². The Bertz CT molecular complexity index is 171. The molecule has 3 heteroatoms. The van der Waals surface area contributed by atoms with Crippen LogP contribution < -0.4 is 5.73 Å². The number of ether oxygens (including phenoxy) is 1. The lowest BCUT2D eigenvalue weighted by Crippen LogP contribution is -2.26. The van der Waals surface area contributed by atoms with Gasteiger partial charge in [-0.15, -0.1) is 0 Å². The maximum atomic E-state index is 10.7. The van der Waals surface area contributed by atoms with Crippen LogP contribution >= 0.6 is 0 Å². The van der Waals surface area contributed by atoms with Crippen molar-refractivity contribution in [2.24, 2.45) is 11.7 Å². The average Bonchev–Trinajstić information content (AvgIpc) is 2.05. The van der Waals surface area contributed by atoms with E-state index in [0.717, 1.165) is 19.4 Å². The normalized spacial score (nSPS) is 24.5. The van der Waals surface area contributed by atoms with Crippen molar-refractivity contribution in [2.45, 2.75) is 12.8 Å². The number of carbonyl (C=O) groups excluding carboxylic acids is 1. The average molecular weight is 155 g/mol. The third-order valence-electron chi connectivity index (χ3n) is 1.97. The molecule has 3 nitrogen and oxygen atoms in total. The van der Waals surface area contributed by atoms with Gasteiger partial charge >= 0.3 is 0 Å². The summed E-state index contributed by atoms with van der Waals surface area (Å²) < 4.78 is 5.18. The summed E-state index contributed by atoms with van der Waals surface area (Å²) >= 11 is 0. The molecule has 0 radical (unpaired) electrons. The fraction of sp³-hybridized carbons (Fsp3) is 0.625. The van der Waals surface area contributed by atoms with Gasteiger partial charge < -0.3 is 10.5 Å². The van der Waals surface area contributed by atoms with Gasteiger partial charge in [0, 0.05) is 18.1 Å². The topological polar surface area (TPSA) is 52.3 Å². The monoisotopic (exact) mass is 155 g/mol. The van der Waals surface area contributed by atoms with Gasteiger partial charge in [0.1, 0.15) is 0 Å². The molecule has 1 rings (SSSR count). The molecule has 0 aromatic heterocycles. The fourth-order valence-electron chi connectivity index (χ4n) is 1.22. The second-order valence-electron chi connectivity index (χ2n) is 2.80. The molecule has 1 aliphatic heterocycles. The molecule has 0 aliphatic carbocycles. The molecule has 2 N–H and O–H groups in total. The van der Waals surface area contributed by atoms with Gasteiger partial charge in [0.05, 0.1) is 6.61 Å². The summed E-state index contributed by atoms with van der Waals surface area (Å²) in [6.07, 6.45) is 1.97. The Hall–Kier alpha value is -0.830. The standard InChI is InChI=1S/C8H13NO2/c1-6(8(9)10)7-3-2-4-11-5-7/h7H,1-5H2,(H2,9,10)/t7-/m0/s1. The molecule has 1 atom stereocenters. The van der Waals surface area contributed by atoms with Crippen molar-refractivity contribution >= 4 is 5.91 Å². The molecule has 0 aromatic carbocycles. The number of hydrogen-bond acceptors (Lipinski definition) is 2. The predicted molar refractivity (Wildman–Crippen MR) is 41.9 cm³/mol. The summed E-state index contributed by atoms with van der Waals surface area (Å²) in [6.45, 7) is 5.02. The zero-order chi connectivity index (χ0) is 8.27. The van der Waals surface area contributed by atoms with Crippen LogP contribution in [0.25, 0.3) is 0 Å². The van der Waals surface area contributed by atoms with Crippen LogP contribution in [-0.2, 0) is 9.53 Å². The second-order valence-corrected chi connectivity index (χ2v) is 2.80. The highest BCUT2D eigenvalue weighted by Gasteiger charge is 2.19. The number of nitrogens with two attached hydrogens (primary N) is 1. The highest BCUT2D eigenvalue weighted by atomic mass is 16.5. The Balaban J connectivity index is 2.45. The van der Waals surface area contributed by atoms with Gasteiger partial charge in [-0.25, -0.2) is 0 Å². The van der Waals surface area contributed by atoms with Crippen LogP contribution in [0.3, 0.4) is 0 Å². The SMILES string of the molecule is C=C(C(N)=O)[C@H]1CCCOC1. The lowest BCUT2D eigenvalue weighted by molar-refractivity contribution is -0.115. The van der Waals surface area contributed by atoms with Crippen molar-refractivity contribution in [1.82, 2.24) is 0 Å². The van der Waals surface area contributed by atoms with E-state index >= 15 is 0 Å². The minimum Gasteiger partial charge on any atom is -0.381 e. The molecule has 0 bridgehead atoms. The highest BCUT2D eigenvalue weighted by molar-refractivity contribution is 5.91. The van der Waals surface area contributed by atoms with Crippen LogP contribution in [0.4, 0.5) is 0 Å². The predicted octanol–water partition coefficient (Wildman–Crippen LogP) is 0.454. The number of hydrogen-bond donors (Lipinski definition) is 1. The van der Waals surface area contributed by atoms with E-state index in [9.17, 15) is 4.79 Å². The second kappa shape index (κ2) is 3.53. The first kappa shape index (κ1) is 8.27. The quantitative estimate of drug-likeness (QED) is 0.589. The third kappa shape index (κ3) is 2.05. The van der Waals surface area contributed by atoms with E-state index in [1.807, 2.05) is 0 Å². The zero-order valence-electron chi connectivity index (χ0n) is 6.51. The molecule has 1 fully saturated rings. The largest absolute Gasteiger partial charge is 0.381 e. The summed E-state index contributed by atoms with van der Waals surface area (Å²) in [5, 5.41) is 0. The van der Waals surface area contributed by atoms with Gasteiger partial charge in [-0.2, -0.15) is 0 Å². The molecule has 0 spiro atoms. The van der Waals surface area contributed by atoms with Crippen LogP contribution in [-0.4, -0.2) is 19.1 Å². The molecule has 1 amide bonds. The fourth-order valence-corrected chi connectivity index (χ4v) is 1.22. The number of amides is 1. The lowest BCUT2D eigenvalue weighted by Gasteiger charge is -2.22. The minimum atomic E-state index is -0.402. The van der Waals surface area contributed by atoms with Crippen molar-refractivity contribution in [3.63, 3.8) is 0 Å². The first-order valence-corrected chi connectivity index (χ1v) is 3.78. The van der Waals surface area contributed by atoms with Gasteiger partial charge in [0.25, 0.3) is 0 Å². The van der Waals surface area contributed by atoms with Crippen LogP contribution in [0.5, 0.6) is 0 Å². The third-order valence-corrected chi connectivity index (χ3v) is 1.97. The maximum Gasteiger partial charge on any atom is 0.244 e. The smallest absolute Gasteiger partial charge is 0.244 e. The molecule has 0 saturated carbocycles. The molecule has 62 valence electrons. The Morgan fingerprint density at radius 3 is 2.82 bits per heavy atom. The minimum absolute atomic E-state index is 0.154. The summed E-state index contributed by atoms with van der Waals surface area (Å²) in [4.78, 5) is 10.7. The van der Waals surface area contributed by atoms with E-state index in [2.05, 4.69) is 6.58 Å². The van der Waals surface area contributed by atoms with E-state index in [0.29, 0.717) is 12.2 Å². The van der Waals surface area contributed by atoms with Gasteiger partial charge in [0.15, 0.2) is 0 Å². The maximum absolute atomic E-state index is 10.7. The molecule has 1 saturated heterocycles. The number of carbonyl (C=O) groups is 1. The first-order chi connectivity index (χ1) is 5.22. The van der Waals surface area contributed by atoms with Crippen LogP contribution in [0.15, 0.2) is 12.2 Å². The van der Waals surface area contributed by atoms with E-state index < -0.39 is 5.91 Å². The van der Waals surface area contributed by atoms with Crippen LogP contribution in [0.1, 0.15) is 12.8 Å². The molecular weight excluding hydrogens is 142 g/mol. The van der Waals surface area contributed by atoms with Crippen molar-refractivity contribution in [2.75, 3.05) is 13.2 Å². The lowest BCUT2D eigenvalue weighted by atomic mass is 9.94. The number of rotatable bonds is 2. The number of primary amides is 1. The molecular formula is C8H13NO2. The zero-order valence-corrected chi connectivity index (χ0v) is 6.51. The van der Waals surface area contributed by atoms with Crippen molar-refractivity contribution in [3.8, 4) is 0 Å². The van der Waals surface area contributed by atoms with E-state index in [1.54, 1.807) is 0 Å². The summed E-state index contributed by atoms with van der Waals surface area (Å²) in [6, 6.07) is 0. The van der Waals surface area contributed by atoms with Crippen LogP contribution in [0, 0.1) is 5.92 Å². The Kier molecular flexibility index (Phi) is 2.65. The van der Waals surface area contributed by atoms with Crippen molar-refractivity contribution < 1.29 is 9.53 Å². The Morgan fingerprint density at radius 2 is 2.36 bits per heavy atom. The summed E-state index contributed by atoms with van der Waals surface area (Å²) in [5.74, 6) is -0.248. The summed E-state index contributed by atoms with van der Waals surface area (Å²) in [7, 11) is 0. The Labute approximate surface area is 66.2 Å². The molecule has 0 aromatic rings. The summed E-state index contributed by atoms with van der Waals surface area (Å²) in [5.41, 5.74) is 5.58. The molecule has 0 unspecified atom stereocenters. The first-order valence-electron chi connectivity index (χ1n) is 3.78. The van der Waals surface area contributed by atoms with Crippen molar-refractivity contribution in [1.29, 1.82) is 0 Å².